The van der Waals surface area contributed by atoms with Gasteiger partial charge in [0.15, 0.2) is 0 Å². The number of nitrogens with one attached hydrogen (secondary N) is 1. The highest BCUT2D eigenvalue weighted by Crippen LogP contribution is 2.24. The minimum absolute atomic E-state index is 0.0380. The normalized spacial score (nSPS) is 18.2. The number of ether oxygens (including phenoxy) is 1. The second-order valence-corrected chi connectivity index (χ2v) is 8.58. The summed E-state index contributed by atoms with van der Waals surface area (Å²) in [6.07, 6.45) is 1.57. The molecule has 0 aliphatic carbocycles. The summed E-state index contributed by atoms with van der Waals surface area (Å²) in [5.41, 5.74) is 1.11. The van der Waals surface area contributed by atoms with E-state index in [2.05, 4.69) is 21.6 Å². The molecule has 1 heterocycles. The molecule has 1 aliphatic rings. The Morgan fingerprint density at radius 3 is 2.36 bits per heavy atom. The zero-order valence-electron chi connectivity index (χ0n) is 15.6. The van der Waals surface area contributed by atoms with Gasteiger partial charge >= 0.3 is 0 Å². The third kappa shape index (κ3) is 6.26. The van der Waals surface area contributed by atoms with Crippen LogP contribution in [0.1, 0.15) is 31.4 Å². The first-order valence-corrected chi connectivity index (χ1v) is 10.6. The first-order valence-electron chi connectivity index (χ1n) is 8.99. The van der Waals surface area contributed by atoms with Gasteiger partial charge in [-0.05, 0) is 31.2 Å². The Hall–Kier alpha value is -1.15. The van der Waals surface area contributed by atoms with Crippen molar-refractivity contribution in [3.63, 3.8) is 0 Å². The molecule has 1 aromatic rings. The number of rotatable bonds is 9. The maximum atomic E-state index is 12.2. The molecular formula is C18H31N3O3S. The number of sulfonamides is 1. The van der Waals surface area contributed by atoms with E-state index < -0.39 is 10.0 Å². The van der Waals surface area contributed by atoms with Crippen LogP contribution in [0.4, 0.5) is 0 Å². The molecule has 1 atom stereocenters. The van der Waals surface area contributed by atoms with Crippen molar-refractivity contribution in [3.05, 3.63) is 29.8 Å². The lowest BCUT2D eigenvalue weighted by molar-refractivity contribution is 0.113. The summed E-state index contributed by atoms with van der Waals surface area (Å²) in [5, 5.41) is 0. The van der Waals surface area contributed by atoms with Crippen LogP contribution in [0.3, 0.4) is 0 Å². The van der Waals surface area contributed by atoms with Gasteiger partial charge in [-0.3, -0.25) is 4.90 Å². The van der Waals surface area contributed by atoms with E-state index in [0.717, 1.165) is 43.9 Å². The van der Waals surface area contributed by atoms with E-state index in [0.29, 0.717) is 13.0 Å². The van der Waals surface area contributed by atoms with Crippen LogP contribution in [0, 0.1) is 0 Å². The predicted molar refractivity (Wildman–Crippen MR) is 102 cm³/mol. The van der Waals surface area contributed by atoms with Crippen molar-refractivity contribution in [1.82, 2.24) is 14.5 Å². The number of likely N-dealkylation sites (N-methyl/N-ethyl adjacent to an activating group) is 1. The van der Waals surface area contributed by atoms with Crippen LogP contribution in [0.2, 0.25) is 0 Å². The number of nitrogens with zero attached hydrogens (tertiary/aromatic N) is 2. The van der Waals surface area contributed by atoms with Gasteiger partial charge in [0.25, 0.3) is 0 Å². The third-order valence-electron chi connectivity index (χ3n) is 4.74. The molecule has 0 aromatic heterocycles. The Balaban J connectivity index is 2.11. The first-order chi connectivity index (χ1) is 11.9. The van der Waals surface area contributed by atoms with E-state index in [4.69, 9.17) is 4.74 Å². The number of piperazine rings is 1. The maximum Gasteiger partial charge on any atom is 0.211 e. The number of unbranched alkanes of at least 4 members (excludes halogenated alkanes) is 1. The van der Waals surface area contributed by atoms with E-state index in [9.17, 15) is 8.42 Å². The van der Waals surface area contributed by atoms with Gasteiger partial charge in [0.2, 0.25) is 10.0 Å². The molecule has 1 aromatic carbocycles. The van der Waals surface area contributed by atoms with Crippen molar-refractivity contribution in [1.29, 1.82) is 0 Å². The van der Waals surface area contributed by atoms with Crippen LogP contribution in [0.5, 0.6) is 5.75 Å². The number of benzene rings is 1. The van der Waals surface area contributed by atoms with E-state index in [1.54, 1.807) is 7.11 Å². The minimum Gasteiger partial charge on any atom is -0.497 e. The summed E-state index contributed by atoms with van der Waals surface area (Å²) >= 11 is 0. The fraction of sp³-hybridized carbons (Fsp3) is 0.667. The molecule has 6 nitrogen and oxygen atoms in total. The standard InChI is InChI=1S/C18H31N3O3S/c1-4-5-14-25(22,23)19-15-18(21-12-10-20(2)11-13-21)16-6-8-17(24-3)9-7-16/h6-9,18-19H,4-5,10-15H2,1-3H3. The molecule has 7 heteroatoms. The lowest BCUT2D eigenvalue weighted by Gasteiger charge is -2.38. The summed E-state index contributed by atoms with van der Waals surface area (Å²) in [4.78, 5) is 4.66. The van der Waals surface area contributed by atoms with Crippen LogP contribution >= 0.6 is 0 Å². The molecule has 1 aliphatic heterocycles. The lowest BCUT2D eigenvalue weighted by atomic mass is 10.0. The van der Waals surface area contributed by atoms with Crippen LogP contribution in [-0.4, -0.2) is 70.9 Å². The van der Waals surface area contributed by atoms with Gasteiger partial charge in [-0.1, -0.05) is 25.5 Å². The summed E-state index contributed by atoms with van der Waals surface area (Å²) in [6.45, 7) is 6.26. The average Bonchev–Trinajstić information content (AvgIpc) is 2.62. The largest absolute Gasteiger partial charge is 0.497 e. The second kappa shape index (κ2) is 9.52. The van der Waals surface area contributed by atoms with E-state index in [1.807, 2.05) is 31.2 Å². The highest BCUT2D eigenvalue weighted by atomic mass is 32.2. The van der Waals surface area contributed by atoms with E-state index in [1.165, 1.54) is 0 Å². The van der Waals surface area contributed by atoms with E-state index in [-0.39, 0.29) is 11.8 Å². The zero-order valence-corrected chi connectivity index (χ0v) is 16.4. The van der Waals surface area contributed by atoms with Crippen molar-refractivity contribution in [2.45, 2.75) is 25.8 Å². The zero-order chi connectivity index (χ0) is 18.3. The number of hydrogen-bond acceptors (Lipinski definition) is 5. The molecule has 1 saturated heterocycles. The number of methoxy groups -OCH3 is 1. The fourth-order valence-electron chi connectivity index (χ4n) is 3.03. The van der Waals surface area contributed by atoms with E-state index >= 15 is 0 Å². The fourth-order valence-corrected chi connectivity index (χ4v) is 4.25. The van der Waals surface area contributed by atoms with Gasteiger partial charge < -0.3 is 9.64 Å². The van der Waals surface area contributed by atoms with Gasteiger partial charge in [0.1, 0.15) is 5.75 Å². The monoisotopic (exact) mass is 369 g/mol. The molecule has 0 radical (unpaired) electrons. The Bertz CT molecular complexity index is 611. The molecule has 2 rings (SSSR count). The predicted octanol–water partition coefficient (Wildman–Crippen LogP) is 1.70. The lowest BCUT2D eigenvalue weighted by Crippen LogP contribution is -2.48. The first kappa shape index (κ1) is 20.2. The molecule has 0 amide bonds. The topological polar surface area (TPSA) is 61.9 Å². The van der Waals surface area contributed by atoms with Gasteiger partial charge in [0, 0.05) is 38.8 Å². The molecule has 0 saturated carbocycles. The molecule has 0 bridgehead atoms. The summed E-state index contributed by atoms with van der Waals surface area (Å²) in [7, 11) is 0.545. The van der Waals surface area contributed by atoms with Gasteiger partial charge in [-0.25, -0.2) is 13.1 Å². The molecule has 1 unspecified atom stereocenters. The third-order valence-corrected chi connectivity index (χ3v) is 6.18. The summed E-state index contributed by atoms with van der Waals surface area (Å²) < 4.78 is 32.5. The quantitative estimate of drug-likeness (QED) is 0.718. The van der Waals surface area contributed by atoms with Crippen molar-refractivity contribution >= 4 is 10.0 Å². The Morgan fingerprint density at radius 2 is 1.80 bits per heavy atom. The van der Waals surface area contributed by atoms with Crippen molar-refractivity contribution in [2.24, 2.45) is 0 Å². The molecule has 1 N–H and O–H groups in total. The molecule has 1 fully saturated rings. The Labute approximate surface area is 152 Å². The van der Waals surface area contributed by atoms with Crippen LogP contribution < -0.4 is 9.46 Å². The van der Waals surface area contributed by atoms with Gasteiger partial charge in [0.05, 0.1) is 12.9 Å². The van der Waals surface area contributed by atoms with Crippen LogP contribution in [0.25, 0.3) is 0 Å². The van der Waals surface area contributed by atoms with Gasteiger partial charge in [-0.15, -0.1) is 0 Å². The summed E-state index contributed by atoms with van der Waals surface area (Å²) in [5.74, 6) is 1.01. The van der Waals surface area contributed by atoms with Crippen molar-refractivity contribution in [3.8, 4) is 5.75 Å². The number of hydrogen-bond donors (Lipinski definition) is 1. The summed E-state index contributed by atoms with van der Waals surface area (Å²) in [6, 6.07) is 7.97. The smallest absolute Gasteiger partial charge is 0.211 e. The molecule has 25 heavy (non-hydrogen) atoms. The highest BCUT2D eigenvalue weighted by molar-refractivity contribution is 7.89. The Morgan fingerprint density at radius 1 is 1.16 bits per heavy atom. The molecular weight excluding hydrogens is 338 g/mol. The maximum absolute atomic E-state index is 12.2. The Kier molecular flexibility index (Phi) is 7.68. The SMILES string of the molecule is CCCCS(=O)(=O)NCC(c1ccc(OC)cc1)N1CCN(C)CC1. The minimum atomic E-state index is -3.22. The molecule has 0 spiro atoms. The highest BCUT2D eigenvalue weighted by Gasteiger charge is 2.25. The van der Waals surface area contributed by atoms with Crippen LogP contribution in [-0.2, 0) is 10.0 Å². The van der Waals surface area contributed by atoms with Crippen molar-refractivity contribution in [2.75, 3.05) is 52.6 Å². The molecule has 142 valence electrons. The van der Waals surface area contributed by atoms with Crippen molar-refractivity contribution < 1.29 is 13.2 Å². The van der Waals surface area contributed by atoms with Crippen LogP contribution in [0.15, 0.2) is 24.3 Å². The second-order valence-electron chi connectivity index (χ2n) is 6.65. The van der Waals surface area contributed by atoms with Gasteiger partial charge in [-0.2, -0.15) is 0 Å². The average molecular weight is 370 g/mol.